The number of hydrogen-bond acceptors (Lipinski definition) is 3. The second-order valence-electron chi connectivity index (χ2n) is 3.53. The summed E-state index contributed by atoms with van der Waals surface area (Å²) in [5, 5.41) is 4.24. The Labute approximate surface area is 101 Å². The minimum Gasteiger partial charge on any atom is -0.302 e. The van der Waals surface area contributed by atoms with Crippen molar-refractivity contribution in [3.63, 3.8) is 0 Å². The van der Waals surface area contributed by atoms with E-state index in [1.54, 1.807) is 25.2 Å². The molecule has 0 amide bonds. The third-order valence-corrected chi connectivity index (χ3v) is 3.76. The fraction of sp³-hybridized carbons (Fsp3) is 0.0833. The van der Waals surface area contributed by atoms with Crippen LogP contribution in [-0.2, 0) is 10.0 Å². The van der Waals surface area contributed by atoms with E-state index in [-0.39, 0.29) is 4.90 Å². The summed E-state index contributed by atoms with van der Waals surface area (Å²) >= 11 is 0. The molecular weight excluding hydrogens is 236 g/mol. The molecule has 0 heterocycles. The van der Waals surface area contributed by atoms with Crippen LogP contribution in [0.1, 0.15) is 0 Å². The first kappa shape index (κ1) is 12.0. The summed E-state index contributed by atoms with van der Waals surface area (Å²) in [7, 11) is -1.89. The minimum absolute atomic E-state index is 0.280. The molecule has 17 heavy (non-hydrogen) atoms. The molecular formula is C12H13N2O2S. The molecule has 0 aliphatic rings. The molecule has 89 valence electrons. The number of rotatable bonds is 4. The highest BCUT2D eigenvalue weighted by molar-refractivity contribution is 7.89. The summed E-state index contributed by atoms with van der Waals surface area (Å²) in [6.45, 7) is 1.29. The lowest BCUT2D eigenvalue weighted by atomic mass is 10.1. The normalized spacial score (nSPS) is 11.8. The van der Waals surface area contributed by atoms with Gasteiger partial charge in [0.1, 0.15) is 6.67 Å². The van der Waals surface area contributed by atoms with E-state index in [0.29, 0.717) is 5.39 Å². The molecule has 0 bridgehead atoms. The quantitative estimate of drug-likeness (QED) is 0.862. The number of sulfonamides is 1. The van der Waals surface area contributed by atoms with E-state index < -0.39 is 10.0 Å². The number of fused-ring (bicyclic) bond motifs is 1. The third kappa shape index (κ3) is 2.46. The number of benzene rings is 2. The van der Waals surface area contributed by atoms with Gasteiger partial charge in [-0.2, -0.15) is 4.72 Å². The van der Waals surface area contributed by atoms with Crippen LogP contribution in [0.3, 0.4) is 0 Å². The fourth-order valence-electron chi connectivity index (χ4n) is 1.63. The molecule has 4 nitrogen and oxygen atoms in total. The molecule has 0 atom stereocenters. The fourth-order valence-corrected chi connectivity index (χ4v) is 2.76. The van der Waals surface area contributed by atoms with Crippen molar-refractivity contribution in [2.24, 2.45) is 0 Å². The van der Waals surface area contributed by atoms with Crippen molar-refractivity contribution in [3.05, 3.63) is 49.1 Å². The van der Waals surface area contributed by atoms with Crippen LogP contribution < -0.4 is 10.0 Å². The summed E-state index contributed by atoms with van der Waals surface area (Å²) in [6, 6.07) is 12.6. The third-order valence-electron chi connectivity index (χ3n) is 2.40. The summed E-state index contributed by atoms with van der Waals surface area (Å²) in [5.41, 5.74) is 0. The average Bonchev–Trinajstić information content (AvgIpc) is 2.36. The van der Waals surface area contributed by atoms with E-state index in [2.05, 4.69) is 10.0 Å². The molecule has 0 fully saturated rings. The molecule has 5 heteroatoms. The van der Waals surface area contributed by atoms with Crippen molar-refractivity contribution in [2.45, 2.75) is 4.90 Å². The topological polar surface area (TPSA) is 58.2 Å². The van der Waals surface area contributed by atoms with Crippen LogP contribution in [-0.4, -0.2) is 15.5 Å². The van der Waals surface area contributed by atoms with Gasteiger partial charge in [0.2, 0.25) is 10.0 Å². The van der Waals surface area contributed by atoms with Gasteiger partial charge in [0.05, 0.1) is 4.90 Å². The van der Waals surface area contributed by atoms with E-state index in [1.165, 1.54) is 6.67 Å². The Bertz CT molecular complexity index is 618. The zero-order valence-corrected chi connectivity index (χ0v) is 10.2. The second kappa shape index (κ2) is 4.83. The van der Waals surface area contributed by atoms with Crippen LogP contribution in [0.15, 0.2) is 47.4 Å². The molecule has 2 N–H and O–H groups in total. The highest BCUT2D eigenvalue weighted by Crippen LogP contribution is 2.22. The molecule has 0 aliphatic carbocycles. The van der Waals surface area contributed by atoms with E-state index in [1.807, 2.05) is 24.3 Å². The molecule has 0 saturated carbocycles. The maximum Gasteiger partial charge on any atom is 0.242 e. The zero-order chi connectivity index (χ0) is 12.3. The highest BCUT2D eigenvalue weighted by atomic mass is 32.2. The van der Waals surface area contributed by atoms with Crippen molar-refractivity contribution in [3.8, 4) is 0 Å². The second-order valence-corrected chi connectivity index (χ2v) is 5.21. The largest absolute Gasteiger partial charge is 0.302 e. The molecule has 0 aliphatic heterocycles. The molecule has 0 aromatic heterocycles. The molecule has 2 rings (SSSR count). The van der Waals surface area contributed by atoms with Gasteiger partial charge in [0.15, 0.2) is 0 Å². The van der Waals surface area contributed by atoms with Crippen molar-refractivity contribution in [1.29, 1.82) is 0 Å². The van der Waals surface area contributed by atoms with Gasteiger partial charge in [0, 0.05) is 5.39 Å². The van der Waals surface area contributed by atoms with Gasteiger partial charge in [-0.25, -0.2) is 8.42 Å². The molecule has 0 unspecified atom stereocenters. The maximum absolute atomic E-state index is 12.0. The van der Waals surface area contributed by atoms with E-state index >= 15 is 0 Å². The lowest BCUT2D eigenvalue weighted by Crippen LogP contribution is -2.26. The Morgan fingerprint density at radius 2 is 1.76 bits per heavy atom. The Kier molecular flexibility index (Phi) is 3.42. The van der Waals surface area contributed by atoms with Crippen LogP contribution in [0.25, 0.3) is 10.8 Å². The van der Waals surface area contributed by atoms with Crippen molar-refractivity contribution in [2.75, 3.05) is 7.05 Å². The van der Waals surface area contributed by atoms with Crippen LogP contribution in [0, 0.1) is 6.67 Å². The standard InChI is InChI=1S/C12H13N2O2S/c1-13-9-14-17(15,16)12-8-4-6-10-5-2-3-7-11(10)12/h2-9,13-14H,1H3. The minimum atomic E-state index is -3.52. The van der Waals surface area contributed by atoms with Crippen molar-refractivity contribution in [1.82, 2.24) is 10.0 Å². The summed E-state index contributed by atoms with van der Waals surface area (Å²) in [4.78, 5) is 0.280. The van der Waals surface area contributed by atoms with E-state index in [0.717, 1.165) is 5.39 Å². The predicted octanol–water partition coefficient (Wildman–Crippen LogP) is 1.46. The molecule has 2 aromatic rings. The number of nitrogens with one attached hydrogen (secondary N) is 2. The van der Waals surface area contributed by atoms with Crippen molar-refractivity contribution < 1.29 is 8.42 Å². The lowest BCUT2D eigenvalue weighted by molar-refractivity contribution is 0.586. The van der Waals surface area contributed by atoms with Gasteiger partial charge < -0.3 is 5.32 Å². The van der Waals surface area contributed by atoms with Gasteiger partial charge in [0.25, 0.3) is 0 Å². The molecule has 0 saturated heterocycles. The average molecular weight is 249 g/mol. The molecule has 2 aromatic carbocycles. The van der Waals surface area contributed by atoms with Gasteiger partial charge in [-0.3, -0.25) is 0 Å². The van der Waals surface area contributed by atoms with Crippen molar-refractivity contribution >= 4 is 20.8 Å². The first-order chi connectivity index (χ1) is 8.15. The highest BCUT2D eigenvalue weighted by Gasteiger charge is 2.15. The van der Waals surface area contributed by atoms with Crippen LogP contribution in [0.5, 0.6) is 0 Å². The SMILES string of the molecule is CN[CH]NS(=O)(=O)c1cccc2ccccc12. The molecule has 0 spiro atoms. The maximum atomic E-state index is 12.0. The summed E-state index contributed by atoms with van der Waals surface area (Å²) in [5.74, 6) is 0. The zero-order valence-electron chi connectivity index (χ0n) is 9.34. The lowest BCUT2D eigenvalue weighted by Gasteiger charge is -2.08. The predicted molar refractivity (Wildman–Crippen MR) is 67.6 cm³/mol. The Morgan fingerprint density at radius 1 is 1.06 bits per heavy atom. The first-order valence-corrected chi connectivity index (χ1v) is 6.62. The van der Waals surface area contributed by atoms with Gasteiger partial charge >= 0.3 is 0 Å². The summed E-state index contributed by atoms with van der Waals surface area (Å²) < 4.78 is 26.4. The van der Waals surface area contributed by atoms with Gasteiger partial charge in [-0.15, -0.1) is 0 Å². The Balaban J connectivity index is 2.55. The first-order valence-electron chi connectivity index (χ1n) is 5.14. The smallest absolute Gasteiger partial charge is 0.242 e. The van der Waals surface area contributed by atoms with E-state index in [4.69, 9.17) is 0 Å². The van der Waals surface area contributed by atoms with Gasteiger partial charge in [-0.05, 0) is 18.5 Å². The monoisotopic (exact) mass is 249 g/mol. The van der Waals surface area contributed by atoms with Crippen LogP contribution >= 0.6 is 0 Å². The van der Waals surface area contributed by atoms with E-state index in [9.17, 15) is 8.42 Å². The van der Waals surface area contributed by atoms with Crippen LogP contribution in [0.4, 0.5) is 0 Å². The molecule has 1 radical (unpaired) electrons. The summed E-state index contributed by atoms with van der Waals surface area (Å²) in [6.07, 6.45) is 0. The number of hydrogen-bond donors (Lipinski definition) is 2. The van der Waals surface area contributed by atoms with Crippen LogP contribution in [0.2, 0.25) is 0 Å². The Morgan fingerprint density at radius 3 is 2.53 bits per heavy atom. The Hall–Kier alpha value is -1.43. The van der Waals surface area contributed by atoms with Gasteiger partial charge in [-0.1, -0.05) is 36.4 Å².